The Morgan fingerprint density at radius 1 is 1.40 bits per heavy atom. The van der Waals surface area contributed by atoms with Crippen LogP contribution in [0.25, 0.3) is 5.57 Å². The molecule has 0 spiro atoms. The van der Waals surface area contributed by atoms with E-state index in [1.807, 2.05) is 25.1 Å². The van der Waals surface area contributed by atoms with E-state index in [1.165, 1.54) is 0 Å². The first kappa shape index (κ1) is 12.1. The standard InChI is InChI=1S/C11H11Cl2NO/c1-7(2)8-5-3-4-6-9(8)14-11(15)10(12)13/h3-6,10H,1H2,2H3,(H,14,15). The van der Waals surface area contributed by atoms with E-state index in [0.717, 1.165) is 11.1 Å². The summed E-state index contributed by atoms with van der Waals surface area (Å²) in [6, 6.07) is 7.34. The summed E-state index contributed by atoms with van der Waals surface area (Å²) in [5.74, 6) is -0.438. The van der Waals surface area contributed by atoms with Crippen LogP contribution in [-0.2, 0) is 4.79 Å². The highest BCUT2D eigenvalue weighted by Gasteiger charge is 2.13. The van der Waals surface area contributed by atoms with E-state index in [0.29, 0.717) is 5.69 Å². The molecule has 80 valence electrons. The number of amides is 1. The van der Waals surface area contributed by atoms with Crippen molar-refractivity contribution in [1.29, 1.82) is 0 Å². The molecule has 0 saturated heterocycles. The zero-order chi connectivity index (χ0) is 11.4. The Bertz CT molecular complexity index is 388. The Morgan fingerprint density at radius 2 is 2.00 bits per heavy atom. The van der Waals surface area contributed by atoms with Crippen LogP contribution in [-0.4, -0.2) is 10.7 Å². The highest BCUT2D eigenvalue weighted by Crippen LogP contribution is 2.22. The number of anilines is 1. The van der Waals surface area contributed by atoms with E-state index in [2.05, 4.69) is 11.9 Å². The van der Waals surface area contributed by atoms with Gasteiger partial charge in [-0.2, -0.15) is 0 Å². The molecule has 0 aromatic heterocycles. The van der Waals surface area contributed by atoms with E-state index >= 15 is 0 Å². The van der Waals surface area contributed by atoms with Crippen molar-refractivity contribution < 1.29 is 4.79 Å². The largest absolute Gasteiger partial charge is 0.323 e. The van der Waals surface area contributed by atoms with Crippen LogP contribution in [0.3, 0.4) is 0 Å². The molecule has 0 radical (unpaired) electrons. The fourth-order valence-corrected chi connectivity index (χ4v) is 1.26. The SMILES string of the molecule is C=C(C)c1ccccc1NC(=O)C(Cl)Cl. The molecule has 1 amide bonds. The molecule has 0 unspecified atom stereocenters. The molecule has 0 saturated carbocycles. The summed E-state index contributed by atoms with van der Waals surface area (Å²) in [5.41, 5.74) is 2.41. The van der Waals surface area contributed by atoms with Crippen LogP contribution in [0.5, 0.6) is 0 Å². The fourth-order valence-electron chi connectivity index (χ4n) is 1.15. The van der Waals surface area contributed by atoms with Gasteiger partial charge in [-0.3, -0.25) is 4.79 Å². The number of carbonyl (C=O) groups is 1. The average molecular weight is 244 g/mol. The van der Waals surface area contributed by atoms with Crippen LogP contribution >= 0.6 is 23.2 Å². The third-order valence-corrected chi connectivity index (χ3v) is 2.24. The molecule has 0 aliphatic heterocycles. The molecule has 2 nitrogen and oxygen atoms in total. The summed E-state index contributed by atoms with van der Waals surface area (Å²) in [7, 11) is 0. The van der Waals surface area contributed by atoms with Crippen molar-refractivity contribution in [1.82, 2.24) is 0 Å². The van der Waals surface area contributed by atoms with Crippen LogP contribution in [0.15, 0.2) is 30.8 Å². The highest BCUT2D eigenvalue weighted by atomic mass is 35.5. The molecule has 0 aliphatic carbocycles. The van der Waals surface area contributed by atoms with Gasteiger partial charge in [0.1, 0.15) is 0 Å². The lowest BCUT2D eigenvalue weighted by Crippen LogP contribution is -2.19. The number of carbonyl (C=O) groups excluding carboxylic acids is 1. The van der Waals surface area contributed by atoms with Gasteiger partial charge in [-0.05, 0) is 18.6 Å². The maximum atomic E-state index is 11.3. The zero-order valence-corrected chi connectivity index (χ0v) is 9.77. The maximum absolute atomic E-state index is 11.3. The summed E-state index contributed by atoms with van der Waals surface area (Å²) in [6.07, 6.45) is 0. The fraction of sp³-hybridized carbons (Fsp3) is 0.182. The van der Waals surface area contributed by atoms with Crippen LogP contribution in [0, 0.1) is 0 Å². The van der Waals surface area contributed by atoms with Crippen molar-refractivity contribution in [2.24, 2.45) is 0 Å². The smallest absolute Gasteiger partial charge is 0.257 e. The summed E-state index contributed by atoms with van der Waals surface area (Å²) in [4.78, 5) is 10.2. The van der Waals surface area contributed by atoms with Gasteiger partial charge in [0.05, 0.1) is 0 Å². The second-order valence-electron chi connectivity index (χ2n) is 3.12. The van der Waals surface area contributed by atoms with Gasteiger partial charge in [0.25, 0.3) is 5.91 Å². The first-order valence-corrected chi connectivity index (χ1v) is 5.23. The Labute approximate surface area is 98.9 Å². The van der Waals surface area contributed by atoms with Crippen LogP contribution in [0.4, 0.5) is 5.69 Å². The van der Waals surface area contributed by atoms with Gasteiger partial charge < -0.3 is 5.32 Å². The minimum absolute atomic E-state index is 0.438. The molecule has 0 heterocycles. The van der Waals surface area contributed by atoms with Crippen molar-refractivity contribution in [2.75, 3.05) is 5.32 Å². The second-order valence-corrected chi connectivity index (χ2v) is 4.21. The Morgan fingerprint density at radius 3 is 2.53 bits per heavy atom. The summed E-state index contributed by atoms with van der Waals surface area (Å²) in [5, 5.41) is 2.63. The first-order valence-electron chi connectivity index (χ1n) is 4.36. The van der Waals surface area contributed by atoms with E-state index in [-0.39, 0.29) is 0 Å². The molecule has 0 atom stereocenters. The zero-order valence-electron chi connectivity index (χ0n) is 8.26. The van der Waals surface area contributed by atoms with Gasteiger partial charge in [0.15, 0.2) is 4.84 Å². The molecule has 1 N–H and O–H groups in total. The molecular weight excluding hydrogens is 233 g/mol. The molecule has 1 aromatic carbocycles. The van der Waals surface area contributed by atoms with E-state index in [9.17, 15) is 4.79 Å². The number of hydrogen-bond donors (Lipinski definition) is 1. The lowest BCUT2D eigenvalue weighted by molar-refractivity contribution is -0.114. The van der Waals surface area contributed by atoms with Gasteiger partial charge in [-0.25, -0.2) is 0 Å². The number of benzene rings is 1. The second kappa shape index (κ2) is 5.19. The summed E-state index contributed by atoms with van der Waals surface area (Å²) in [6.45, 7) is 5.69. The number of rotatable bonds is 3. The quantitative estimate of drug-likeness (QED) is 0.810. The molecule has 1 rings (SSSR count). The number of hydrogen-bond acceptors (Lipinski definition) is 1. The van der Waals surface area contributed by atoms with Crippen LogP contribution in [0.2, 0.25) is 0 Å². The molecule has 0 fully saturated rings. The number of halogens is 2. The molecule has 4 heteroatoms. The number of nitrogens with one attached hydrogen (secondary N) is 1. The summed E-state index contributed by atoms with van der Waals surface area (Å²) < 4.78 is 0. The highest BCUT2D eigenvalue weighted by molar-refractivity contribution is 6.54. The Hall–Kier alpha value is -0.990. The van der Waals surface area contributed by atoms with Gasteiger partial charge in [0, 0.05) is 11.3 Å². The maximum Gasteiger partial charge on any atom is 0.257 e. The van der Waals surface area contributed by atoms with Gasteiger partial charge in [-0.15, -0.1) is 0 Å². The predicted octanol–water partition coefficient (Wildman–Crippen LogP) is 3.46. The third-order valence-electron chi connectivity index (χ3n) is 1.84. The monoisotopic (exact) mass is 243 g/mol. The lowest BCUT2D eigenvalue weighted by atomic mass is 10.1. The Kier molecular flexibility index (Phi) is 4.18. The average Bonchev–Trinajstić information content (AvgIpc) is 2.18. The van der Waals surface area contributed by atoms with Crippen LogP contribution < -0.4 is 5.32 Å². The van der Waals surface area contributed by atoms with Gasteiger partial charge in [-0.1, -0.05) is 48.0 Å². The number of alkyl halides is 2. The first-order chi connectivity index (χ1) is 7.02. The van der Waals surface area contributed by atoms with Crippen molar-refractivity contribution in [3.05, 3.63) is 36.4 Å². The van der Waals surface area contributed by atoms with Crippen molar-refractivity contribution in [3.8, 4) is 0 Å². The normalized spacial score (nSPS) is 10.1. The van der Waals surface area contributed by atoms with Crippen LogP contribution in [0.1, 0.15) is 12.5 Å². The Balaban J connectivity index is 2.94. The lowest BCUT2D eigenvalue weighted by Gasteiger charge is -2.10. The van der Waals surface area contributed by atoms with Gasteiger partial charge in [0.2, 0.25) is 0 Å². The predicted molar refractivity (Wildman–Crippen MR) is 65.3 cm³/mol. The molecule has 0 aliphatic rings. The van der Waals surface area contributed by atoms with E-state index in [4.69, 9.17) is 23.2 Å². The molecule has 1 aromatic rings. The molecule has 15 heavy (non-hydrogen) atoms. The minimum atomic E-state index is -1.07. The van der Waals surface area contributed by atoms with E-state index in [1.54, 1.807) is 6.07 Å². The van der Waals surface area contributed by atoms with Crippen molar-refractivity contribution in [2.45, 2.75) is 11.8 Å². The number of para-hydroxylation sites is 1. The summed E-state index contributed by atoms with van der Waals surface area (Å²) >= 11 is 10.9. The third kappa shape index (κ3) is 3.26. The van der Waals surface area contributed by atoms with Crippen molar-refractivity contribution >= 4 is 40.4 Å². The van der Waals surface area contributed by atoms with Crippen molar-refractivity contribution in [3.63, 3.8) is 0 Å². The molecule has 0 bridgehead atoms. The number of allylic oxidation sites excluding steroid dienone is 1. The topological polar surface area (TPSA) is 29.1 Å². The van der Waals surface area contributed by atoms with Gasteiger partial charge >= 0.3 is 0 Å². The minimum Gasteiger partial charge on any atom is -0.323 e. The molecular formula is C11H11Cl2NO. The van der Waals surface area contributed by atoms with E-state index < -0.39 is 10.7 Å².